The fourth-order valence-corrected chi connectivity index (χ4v) is 4.45. The Morgan fingerprint density at radius 1 is 1.28 bits per heavy atom. The van der Waals surface area contributed by atoms with Crippen molar-refractivity contribution in [1.82, 2.24) is 10.3 Å². The molecule has 1 aromatic heterocycles. The summed E-state index contributed by atoms with van der Waals surface area (Å²) in [6.07, 6.45) is 0.377. The van der Waals surface area contributed by atoms with Gasteiger partial charge >= 0.3 is 5.97 Å². The van der Waals surface area contributed by atoms with E-state index < -0.39 is 34.4 Å². The number of pyridine rings is 1. The van der Waals surface area contributed by atoms with E-state index in [-0.39, 0.29) is 17.1 Å². The number of fused-ring (bicyclic) bond motifs is 1. The number of aromatic nitrogens is 1. The van der Waals surface area contributed by atoms with Crippen molar-refractivity contribution in [2.24, 2.45) is 0 Å². The average Bonchev–Trinajstić information content (AvgIpc) is 2.90. The normalized spacial score (nSPS) is 18.8. The molecular weight excluding hydrogens is 368 g/mol. The topological polar surface area (TPSA) is 102 Å². The number of rotatable bonds is 4. The van der Waals surface area contributed by atoms with Gasteiger partial charge in [-0.15, -0.1) is 0 Å². The first kappa shape index (κ1) is 17.6. The Morgan fingerprint density at radius 2 is 2.08 bits per heavy atom. The first-order valence-electron chi connectivity index (χ1n) is 7.56. The van der Waals surface area contributed by atoms with Crippen molar-refractivity contribution >= 4 is 44.2 Å². The second kappa shape index (κ2) is 6.97. The molecule has 3 rings (SSSR count). The number of ether oxygens (including phenoxy) is 1. The molecule has 7 nitrogen and oxygen atoms in total. The summed E-state index contributed by atoms with van der Waals surface area (Å²) >= 11 is 5.81. The first-order chi connectivity index (χ1) is 11.8. The van der Waals surface area contributed by atoms with Gasteiger partial charge in [-0.25, -0.2) is 18.2 Å². The van der Waals surface area contributed by atoms with Crippen molar-refractivity contribution in [1.29, 1.82) is 0 Å². The van der Waals surface area contributed by atoms with Crippen molar-refractivity contribution in [3.8, 4) is 0 Å². The summed E-state index contributed by atoms with van der Waals surface area (Å²) < 4.78 is 27.7. The van der Waals surface area contributed by atoms with E-state index >= 15 is 0 Å². The highest BCUT2D eigenvalue weighted by atomic mass is 35.5. The van der Waals surface area contributed by atoms with Crippen LogP contribution in [0.2, 0.25) is 5.15 Å². The molecule has 132 valence electrons. The van der Waals surface area contributed by atoms with Gasteiger partial charge in [-0.05, 0) is 36.8 Å². The van der Waals surface area contributed by atoms with E-state index in [4.69, 9.17) is 16.3 Å². The lowest BCUT2D eigenvalue weighted by Crippen LogP contribution is -2.38. The van der Waals surface area contributed by atoms with Crippen LogP contribution >= 0.6 is 11.6 Å². The summed E-state index contributed by atoms with van der Waals surface area (Å²) in [4.78, 5) is 28.0. The van der Waals surface area contributed by atoms with Crippen LogP contribution in [0.1, 0.15) is 16.8 Å². The Labute approximate surface area is 149 Å². The molecule has 1 atom stereocenters. The molecule has 2 aromatic rings. The number of nitrogens with zero attached hydrogens (tertiary/aromatic N) is 1. The Kier molecular flexibility index (Phi) is 4.91. The van der Waals surface area contributed by atoms with Gasteiger partial charge in [0, 0.05) is 11.4 Å². The Bertz CT molecular complexity index is 945. The molecule has 1 amide bonds. The number of hydrogen-bond donors (Lipinski definition) is 1. The standard InChI is InChI=1S/C16H15ClN2O5S/c17-14-4-2-10-7-11(1-3-13(10)19-14)16(21)24-8-15(20)18-12-5-6-25(22,23)9-12/h1-4,7,12H,5-6,8-9H2,(H,18,20). The maximum Gasteiger partial charge on any atom is 0.338 e. The molecule has 25 heavy (non-hydrogen) atoms. The zero-order chi connectivity index (χ0) is 18.0. The average molecular weight is 383 g/mol. The van der Waals surface area contributed by atoms with Gasteiger partial charge in [-0.1, -0.05) is 11.6 Å². The maximum atomic E-state index is 12.1. The summed E-state index contributed by atoms with van der Waals surface area (Å²) in [7, 11) is -3.08. The third kappa shape index (κ3) is 4.46. The predicted molar refractivity (Wildman–Crippen MR) is 92.2 cm³/mol. The molecule has 1 aromatic carbocycles. The number of benzene rings is 1. The van der Waals surface area contributed by atoms with Crippen LogP contribution in [0.15, 0.2) is 30.3 Å². The van der Waals surface area contributed by atoms with Gasteiger partial charge in [0.05, 0.1) is 22.6 Å². The van der Waals surface area contributed by atoms with Crippen molar-refractivity contribution < 1.29 is 22.7 Å². The third-order valence-electron chi connectivity index (χ3n) is 3.82. The summed E-state index contributed by atoms with van der Waals surface area (Å²) in [5.41, 5.74) is 0.928. The Balaban J connectivity index is 1.57. The fourth-order valence-electron chi connectivity index (χ4n) is 2.62. The van der Waals surface area contributed by atoms with Gasteiger partial charge in [0.25, 0.3) is 5.91 Å². The molecule has 1 fully saturated rings. The number of esters is 1. The zero-order valence-electron chi connectivity index (χ0n) is 13.1. The highest BCUT2D eigenvalue weighted by Gasteiger charge is 2.29. The summed E-state index contributed by atoms with van der Waals surface area (Å²) in [5, 5.41) is 3.63. The minimum Gasteiger partial charge on any atom is -0.452 e. The lowest BCUT2D eigenvalue weighted by Gasteiger charge is -2.11. The first-order valence-corrected chi connectivity index (χ1v) is 9.75. The fraction of sp³-hybridized carbons (Fsp3) is 0.312. The third-order valence-corrected chi connectivity index (χ3v) is 5.80. The van der Waals surface area contributed by atoms with Crippen LogP contribution in [-0.4, -0.2) is 49.4 Å². The molecule has 0 aliphatic carbocycles. The zero-order valence-corrected chi connectivity index (χ0v) is 14.6. The molecule has 1 N–H and O–H groups in total. The SMILES string of the molecule is O=C(COC(=O)c1ccc2nc(Cl)ccc2c1)NC1CCS(=O)(=O)C1. The number of hydrogen-bond acceptors (Lipinski definition) is 6. The number of nitrogens with one attached hydrogen (secondary N) is 1. The van der Waals surface area contributed by atoms with Gasteiger partial charge < -0.3 is 10.1 Å². The molecule has 1 saturated heterocycles. The van der Waals surface area contributed by atoms with Crippen LogP contribution in [0, 0.1) is 0 Å². The number of sulfone groups is 1. The molecule has 1 unspecified atom stereocenters. The summed E-state index contributed by atoms with van der Waals surface area (Å²) in [6.45, 7) is -0.466. The van der Waals surface area contributed by atoms with Crippen LogP contribution in [0.25, 0.3) is 10.9 Å². The maximum absolute atomic E-state index is 12.1. The number of amides is 1. The quantitative estimate of drug-likeness (QED) is 0.632. The molecule has 0 spiro atoms. The smallest absolute Gasteiger partial charge is 0.338 e. The van der Waals surface area contributed by atoms with Crippen LogP contribution in [0.4, 0.5) is 0 Å². The summed E-state index contributed by atoms with van der Waals surface area (Å²) in [5.74, 6) is -1.18. The monoisotopic (exact) mass is 382 g/mol. The minimum absolute atomic E-state index is 0.0624. The second-order valence-corrected chi connectivity index (χ2v) is 8.40. The van der Waals surface area contributed by atoms with Crippen molar-refractivity contribution in [2.75, 3.05) is 18.1 Å². The van der Waals surface area contributed by atoms with Gasteiger partial charge in [-0.3, -0.25) is 4.79 Å². The molecule has 0 saturated carbocycles. The molecule has 1 aliphatic rings. The van der Waals surface area contributed by atoms with E-state index in [1.165, 1.54) is 6.07 Å². The van der Waals surface area contributed by atoms with E-state index in [1.54, 1.807) is 24.3 Å². The minimum atomic E-state index is -3.08. The molecular formula is C16H15ClN2O5S. The van der Waals surface area contributed by atoms with Gasteiger partial charge in [0.2, 0.25) is 0 Å². The molecule has 0 radical (unpaired) electrons. The van der Waals surface area contributed by atoms with Crippen LogP contribution in [-0.2, 0) is 19.4 Å². The van der Waals surface area contributed by atoms with E-state index in [9.17, 15) is 18.0 Å². The Hall–Kier alpha value is -2.19. The number of carbonyl (C=O) groups is 2. The van der Waals surface area contributed by atoms with Gasteiger partial charge in [-0.2, -0.15) is 0 Å². The second-order valence-electron chi connectivity index (χ2n) is 5.79. The van der Waals surface area contributed by atoms with Gasteiger partial charge in [0.15, 0.2) is 16.4 Å². The van der Waals surface area contributed by atoms with E-state index in [2.05, 4.69) is 10.3 Å². The van der Waals surface area contributed by atoms with Crippen LogP contribution in [0.3, 0.4) is 0 Å². The van der Waals surface area contributed by atoms with Gasteiger partial charge in [0.1, 0.15) is 5.15 Å². The van der Waals surface area contributed by atoms with Crippen molar-refractivity contribution in [3.63, 3.8) is 0 Å². The van der Waals surface area contributed by atoms with Crippen molar-refractivity contribution in [2.45, 2.75) is 12.5 Å². The number of halogens is 1. The Morgan fingerprint density at radius 3 is 2.80 bits per heavy atom. The van der Waals surface area contributed by atoms with Crippen LogP contribution < -0.4 is 5.32 Å². The van der Waals surface area contributed by atoms with Crippen molar-refractivity contribution in [3.05, 3.63) is 41.0 Å². The largest absolute Gasteiger partial charge is 0.452 e. The molecule has 0 bridgehead atoms. The highest BCUT2D eigenvalue weighted by molar-refractivity contribution is 7.91. The predicted octanol–water partition coefficient (Wildman–Crippen LogP) is 1.35. The molecule has 1 aliphatic heterocycles. The van der Waals surface area contributed by atoms with E-state index in [1.807, 2.05) is 0 Å². The van der Waals surface area contributed by atoms with E-state index in [0.29, 0.717) is 17.1 Å². The molecule has 9 heteroatoms. The lowest BCUT2D eigenvalue weighted by molar-refractivity contribution is -0.124. The lowest BCUT2D eigenvalue weighted by atomic mass is 10.1. The number of carbonyl (C=O) groups excluding carboxylic acids is 2. The van der Waals surface area contributed by atoms with Crippen LogP contribution in [0.5, 0.6) is 0 Å². The highest BCUT2D eigenvalue weighted by Crippen LogP contribution is 2.17. The summed E-state index contributed by atoms with van der Waals surface area (Å²) in [6, 6.07) is 7.70. The van der Waals surface area contributed by atoms with E-state index in [0.717, 1.165) is 5.39 Å². The molecule has 2 heterocycles.